The Bertz CT molecular complexity index is 358. The maximum Gasteiger partial charge on any atom is 0.240 e. The van der Waals surface area contributed by atoms with Gasteiger partial charge < -0.3 is 4.90 Å². The quantitative estimate of drug-likeness (QED) is 0.715. The molecule has 1 aliphatic rings. The maximum absolute atomic E-state index is 11.7. The topological polar surface area (TPSA) is 66.5 Å². The molecule has 16 heavy (non-hydrogen) atoms. The zero-order valence-corrected chi connectivity index (χ0v) is 11.0. The average molecular weight is 269 g/mol. The SMILES string of the molecule is CC(CCl)CS(=O)(=O)NC1CCN(C)C1=O. The van der Waals surface area contributed by atoms with Crippen molar-refractivity contribution in [2.75, 3.05) is 25.2 Å². The van der Waals surface area contributed by atoms with Crippen LogP contribution in [0.5, 0.6) is 0 Å². The second kappa shape index (κ2) is 5.33. The summed E-state index contributed by atoms with van der Waals surface area (Å²) in [4.78, 5) is 13.0. The zero-order chi connectivity index (χ0) is 12.3. The van der Waals surface area contributed by atoms with Crippen molar-refractivity contribution >= 4 is 27.5 Å². The van der Waals surface area contributed by atoms with Gasteiger partial charge in [-0.15, -0.1) is 11.6 Å². The van der Waals surface area contributed by atoms with Gasteiger partial charge in [-0.25, -0.2) is 13.1 Å². The van der Waals surface area contributed by atoms with Gasteiger partial charge in [0.05, 0.1) is 5.75 Å². The van der Waals surface area contributed by atoms with Crippen molar-refractivity contribution in [3.05, 3.63) is 0 Å². The highest BCUT2D eigenvalue weighted by Crippen LogP contribution is 2.11. The molecular weight excluding hydrogens is 252 g/mol. The molecule has 0 aromatic heterocycles. The summed E-state index contributed by atoms with van der Waals surface area (Å²) in [5.74, 6) is -0.0285. The summed E-state index contributed by atoms with van der Waals surface area (Å²) in [6.07, 6.45) is 0.532. The van der Waals surface area contributed by atoms with Gasteiger partial charge in [-0.2, -0.15) is 0 Å². The number of hydrogen-bond acceptors (Lipinski definition) is 3. The van der Waals surface area contributed by atoms with Crippen LogP contribution in [0.3, 0.4) is 0 Å². The van der Waals surface area contributed by atoms with Gasteiger partial charge in [-0.1, -0.05) is 6.92 Å². The number of rotatable bonds is 5. The lowest BCUT2D eigenvalue weighted by Gasteiger charge is -2.14. The highest BCUT2D eigenvalue weighted by molar-refractivity contribution is 7.89. The summed E-state index contributed by atoms with van der Waals surface area (Å²) < 4.78 is 25.8. The Balaban J connectivity index is 2.57. The lowest BCUT2D eigenvalue weighted by molar-refractivity contribution is -0.127. The number of carbonyl (C=O) groups excluding carboxylic acids is 1. The Kier molecular flexibility index (Phi) is 4.58. The molecule has 1 saturated heterocycles. The van der Waals surface area contributed by atoms with E-state index in [2.05, 4.69) is 4.72 Å². The van der Waals surface area contributed by atoms with E-state index in [1.807, 2.05) is 0 Å². The third-order valence-corrected chi connectivity index (χ3v) is 4.69. The van der Waals surface area contributed by atoms with Gasteiger partial charge >= 0.3 is 0 Å². The van der Waals surface area contributed by atoms with E-state index in [1.54, 1.807) is 14.0 Å². The normalized spacial score (nSPS) is 23.8. The van der Waals surface area contributed by atoms with Gasteiger partial charge in [0.15, 0.2) is 0 Å². The number of likely N-dealkylation sites (N-methyl/N-ethyl adjacent to an activating group) is 1. The molecular formula is C9H17ClN2O3S. The third kappa shape index (κ3) is 3.61. The standard InChI is InChI=1S/C9H17ClN2O3S/c1-7(5-10)6-16(14,15)11-8-3-4-12(2)9(8)13/h7-8,11H,3-6H2,1-2H3. The molecule has 1 fully saturated rings. The lowest BCUT2D eigenvalue weighted by Crippen LogP contribution is -2.42. The van der Waals surface area contributed by atoms with Crippen molar-refractivity contribution in [1.29, 1.82) is 0 Å². The Morgan fingerprint density at radius 2 is 2.25 bits per heavy atom. The zero-order valence-electron chi connectivity index (χ0n) is 9.44. The fraction of sp³-hybridized carbons (Fsp3) is 0.889. The molecule has 0 aliphatic carbocycles. The molecule has 1 amide bonds. The van der Waals surface area contributed by atoms with Crippen molar-refractivity contribution in [1.82, 2.24) is 9.62 Å². The molecule has 0 bridgehead atoms. The van der Waals surface area contributed by atoms with Gasteiger partial charge in [0.25, 0.3) is 0 Å². The largest absolute Gasteiger partial charge is 0.344 e. The highest BCUT2D eigenvalue weighted by Gasteiger charge is 2.32. The van der Waals surface area contributed by atoms with Crippen molar-refractivity contribution < 1.29 is 13.2 Å². The molecule has 1 heterocycles. The Hall–Kier alpha value is -0.330. The van der Waals surface area contributed by atoms with Crippen LogP contribution < -0.4 is 4.72 Å². The second-order valence-electron chi connectivity index (χ2n) is 4.26. The summed E-state index contributed by atoms with van der Waals surface area (Å²) in [7, 11) is -1.75. The van der Waals surface area contributed by atoms with Crippen LogP contribution in [0, 0.1) is 5.92 Å². The third-order valence-electron chi connectivity index (χ3n) is 2.52. The smallest absolute Gasteiger partial charge is 0.240 e. The predicted octanol–water partition coefficient (Wildman–Crippen LogP) is 0.0114. The molecule has 2 unspecified atom stereocenters. The van der Waals surface area contributed by atoms with Crippen LogP contribution in [0.1, 0.15) is 13.3 Å². The molecule has 0 saturated carbocycles. The molecule has 1 rings (SSSR count). The minimum absolute atomic E-state index is 0.0377. The summed E-state index contributed by atoms with van der Waals surface area (Å²) in [6, 6.07) is -0.600. The molecule has 5 nitrogen and oxygen atoms in total. The number of halogens is 1. The summed E-state index contributed by atoms with van der Waals surface area (Å²) >= 11 is 5.56. The highest BCUT2D eigenvalue weighted by atomic mass is 35.5. The predicted molar refractivity (Wildman–Crippen MR) is 62.8 cm³/mol. The van der Waals surface area contributed by atoms with Crippen LogP contribution in [0.2, 0.25) is 0 Å². The van der Waals surface area contributed by atoms with E-state index in [0.717, 1.165) is 0 Å². The van der Waals surface area contributed by atoms with E-state index in [1.165, 1.54) is 4.90 Å². The molecule has 2 atom stereocenters. The molecule has 0 aromatic rings. The first-order valence-electron chi connectivity index (χ1n) is 5.16. The number of alkyl halides is 1. The molecule has 94 valence electrons. The van der Waals surface area contributed by atoms with Crippen molar-refractivity contribution in [2.24, 2.45) is 5.92 Å². The van der Waals surface area contributed by atoms with E-state index in [0.29, 0.717) is 18.8 Å². The second-order valence-corrected chi connectivity index (χ2v) is 6.37. The van der Waals surface area contributed by atoms with Crippen molar-refractivity contribution in [3.8, 4) is 0 Å². The number of sulfonamides is 1. The van der Waals surface area contributed by atoms with E-state index in [9.17, 15) is 13.2 Å². The molecule has 0 radical (unpaired) electrons. The Labute approximate surface area is 101 Å². The number of hydrogen-bond donors (Lipinski definition) is 1. The minimum Gasteiger partial charge on any atom is -0.344 e. The maximum atomic E-state index is 11.7. The monoisotopic (exact) mass is 268 g/mol. The van der Waals surface area contributed by atoms with Gasteiger partial charge in [0.1, 0.15) is 6.04 Å². The fourth-order valence-electron chi connectivity index (χ4n) is 1.62. The summed E-state index contributed by atoms with van der Waals surface area (Å²) in [5.41, 5.74) is 0. The number of carbonyl (C=O) groups is 1. The van der Waals surface area contributed by atoms with Crippen molar-refractivity contribution in [3.63, 3.8) is 0 Å². The number of likely N-dealkylation sites (tertiary alicyclic amines) is 1. The summed E-state index contributed by atoms with van der Waals surface area (Å²) in [6.45, 7) is 2.35. The molecule has 7 heteroatoms. The minimum atomic E-state index is -3.41. The lowest BCUT2D eigenvalue weighted by atomic mass is 10.3. The van der Waals surface area contributed by atoms with Gasteiger partial charge in [0.2, 0.25) is 15.9 Å². The van der Waals surface area contributed by atoms with E-state index in [-0.39, 0.29) is 17.6 Å². The van der Waals surface area contributed by atoms with Gasteiger partial charge in [-0.3, -0.25) is 4.79 Å². The van der Waals surface area contributed by atoms with Crippen LogP contribution in [0.15, 0.2) is 0 Å². The molecule has 0 aromatic carbocycles. The first kappa shape index (κ1) is 13.7. The van der Waals surface area contributed by atoms with Crippen molar-refractivity contribution in [2.45, 2.75) is 19.4 Å². The van der Waals surface area contributed by atoms with Crippen LogP contribution in [-0.2, 0) is 14.8 Å². The number of nitrogens with one attached hydrogen (secondary N) is 1. The van der Waals surface area contributed by atoms with E-state index in [4.69, 9.17) is 11.6 Å². The van der Waals surface area contributed by atoms with E-state index < -0.39 is 16.1 Å². The first-order valence-corrected chi connectivity index (χ1v) is 7.35. The Morgan fingerprint density at radius 1 is 1.62 bits per heavy atom. The number of amides is 1. The first-order chi connectivity index (χ1) is 7.35. The van der Waals surface area contributed by atoms with E-state index >= 15 is 0 Å². The number of nitrogens with zero attached hydrogens (tertiary/aromatic N) is 1. The van der Waals surface area contributed by atoms with Crippen LogP contribution >= 0.6 is 11.6 Å². The molecule has 1 aliphatic heterocycles. The average Bonchev–Trinajstić information content (AvgIpc) is 2.48. The summed E-state index contributed by atoms with van der Waals surface area (Å²) in [5, 5.41) is 0. The van der Waals surface area contributed by atoms with Gasteiger partial charge in [0, 0.05) is 19.5 Å². The van der Waals surface area contributed by atoms with Crippen LogP contribution in [-0.4, -0.2) is 50.5 Å². The van der Waals surface area contributed by atoms with Crippen LogP contribution in [0.25, 0.3) is 0 Å². The van der Waals surface area contributed by atoms with Crippen LogP contribution in [0.4, 0.5) is 0 Å². The Morgan fingerprint density at radius 3 is 2.69 bits per heavy atom. The van der Waals surface area contributed by atoms with Gasteiger partial charge in [-0.05, 0) is 12.3 Å². The molecule has 0 spiro atoms. The molecule has 1 N–H and O–H groups in total. The fourth-order valence-corrected chi connectivity index (χ4v) is 3.47.